The van der Waals surface area contributed by atoms with Gasteiger partial charge in [0.2, 0.25) is 17.6 Å². The summed E-state index contributed by atoms with van der Waals surface area (Å²) in [5.41, 5.74) is 2.49. The minimum Gasteiger partial charge on any atom is -0.378 e. The number of ether oxygens (including phenoxy) is 1. The number of anilines is 1. The predicted octanol–water partition coefficient (Wildman–Crippen LogP) is 3.23. The SMILES string of the molecule is Cc1c(NC(=O)CCc2nc(-c3ccc(F)cc3)no2)cccc1C(=O)N1CCOCC1. The van der Waals surface area contributed by atoms with Crippen molar-refractivity contribution in [3.8, 4) is 11.4 Å². The lowest BCUT2D eigenvalue weighted by molar-refractivity contribution is -0.116. The standard InChI is InChI=1S/C23H23FN4O4/c1-15-18(23(30)28-11-13-31-14-12-28)3-2-4-19(15)25-20(29)9-10-21-26-22(27-32-21)16-5-7-17(24)8-6-16/h2-8H,9-14H2,1H3,(H,25,29). The maximum Gasteiger partial charge on any atom is 0.254 e. The molecule has 1 aromatic heterocycles. The van der Waals surface area contributed by atoms with Gasteiger partial charge in [0.25, 0.3) is 5.91 Å². The second kappa shape index (κ2) is 9.69. The second-order valence-corrected chi connectivity index (χ2v) is 7.45. The number of benzene rings is 2. The number of aromatic nitrogens is 2. The summed E-state index contributed by atoms with van der Waals surface area (Å²) in [4.78, 5) is 31.3. The summed E-state index contributed by atoms with van der Waals surface area (Å²) in [7, 11) is 0. The number of hydrogen-bond donors (Lipinski definition) is 1. The minimum atomic E-state index is -0.347. The average Bonchev–Trinajstić information content (AvgIpc) is 3.29. The first-order valence-corrected chi connectivity index (χ1v) is 10.4. The number of halogens is 1. The summed E-state index contributed by atoms with van der Waals surface area (Å²) in [6.07, 6.45) is 0.387. The van der Waals surface area contributed by atoms with Gasteiger partial charge in [-0.1, -0.05) is 11.2 Å². The van der Waals surface area contributed by atoms with Gasteiger partial charge in [0.05, 0.1) is 13.2 Å². The van der Waals surface area contributed by atoms with E-state index < -0.39 is 0 Å². The van der Waals surface area contributed by atoms with Crippen LogP contribution in [0.5, 0.6) is 0 Å². The lowest BCUT2D eigenvalue weighted by Gasteiger charge is -2.27. The summed E-state index contributed by atoms with van der Waals surface area (Å²) in [6.45, 7) is 3.98. The molecule has 3 aromatic rings. The van der Waals surface area contributed by atoms with Crippen molar-refractivity contribution in [2.24, 2.45) is 0 Å². The van der Waals surface area contributed by atoms with Gasteiger partial charge in [-0.3, -0.25) is 9.59 Å². The van der Waals surface area contributed by atoms with Gasteiger partial charge in [0.1, 0.15) is 5.82 Å². The van der Waals surface area contributed by atoms with Gasteiger partial charge >= 0.3 is 0 Å². The number of nitrogens with zero attached hydrogens (tertiary/aromatic N) is 3. The van der Waals surface area contributed by atoms with Crippen LogP contribution < -0.4 is 5.32 Å². The van der Waals surface area contributed by atoms with Gasteiger partial charge in [-0.05, 0) is 48.9 Å². The second-order valence-electron chi connectivity index (χ2n) is 7.45. The fourth-order valence-electron chi connectivity index (χ4n) is 3.45. The molecule has 0 aliphatic carbocycles. The Morgan fingerprint density at radius 1 is 1.12 bits per heavy atom. The van der Waals surface area contributed by atoms with Crippen molar-refractivity contribution < 1.29 is 23.2 Å². The molecule has 0 radical (unpaired) electrons. The van der Waals surface area contributed by atoms with Gasteiger partial charge < -0.3 is 19.5 Å². The van der Waals surface area contributed by atoms with E-state index in [4.69, 9.17) is 9.26 Å². The lowest BCUT2D eigenvalue weighted by atomic mass is 10.0. The molecule has 166 valence electrons. The van der Waals surface area contributed by atoms with Crippen molar-refractivity contribution in [1.29, 1.82) is 0 Å². The van der Waals surface area contributed by atoms with E-state index in [1.165, 1.54) is 12.1 Å². The zero-order valence-electron chi connectivity index (χ0n) is 17.6. The molecule has 32 heavy (non-hydrogen) atoms. The van der Waals surface area contributed by atoms with Gasteiger partial charge in [-0.25, -0.2) is 4.39 Å². The van der Waals surface area contributed by atoms with Gasteiger partial charge in [-0.2, -0.15) is 4.98 Å². The van der Waals surface area contributed by atoms with Crippen LogP contribution in [0.4, 0.5) is 10.1 Å². The molecule has 4 rings (SSSR count). The highest BCUT2D eigenvalue weighted by Gasteiger charge is 2.21. The highest BCUT2D eigenvalue weighted by atomic mass is 19.1. The molecule has 0 atom stereocenters. The van der Waals surface area contributed by atoms with Crippen molar-refractivity contribution >= 4 is 17.5 Å². The fourth-order valence-corrected chi connectivity index (χ4v) is 3.45. The molecule has 1 aliphatic rings. The van der Waals surface area contributed by atoms with E-state index in [0.29, 0.717) is 60.4 Å². The van der Waals surface area contributed by atoms with Gasteiger partial charge in [0, 0.05) is 42.7 Å². The van der Waals surface area contributed by atoms with E-state index in [2.05, 4.69) is 15.5 Å². The molecule has 9 heteroatoms. The molecule has 1 fully saturated rings. The number of nitrogens with one attached hydrogen (secondary N) is 1. The maximum absolute atomic E-state index is 13.1. The Morgan fingerprint density at radius 2 is 1.88 bits per heavy atom. The first kappa shape index (κ1) is 21.6. The van der Waals surface area contributed by atoms with Crippen LogP contribution >= 0.6 is 0 Å². The summed E-state index contributed by atoms with van der Waals surface area (Å²) in [5.74, 6) is 0.00449. The molecule has 2 amide bonds. The average molecular weight is 438 g/mol. The largest absolute Gasteiger partial charge is 0.378 e. The van der Waals surface area contributed by atoms with Crippen LogP contribution in [0.3, 0.4) is 0 Å². The molecule has 0 unspecified atom stereocenters. The maximum atomic E-state index is 13.1. The Bertz CT molecular complexity index is 1110. The summed E-state index contributed by atoms with van der Waals surface area (Å²) in [6, 6.07) is 11.0. The quantitative estimate of drug-likeness (QED) is 0.635. The number of carbonyl (C=O) groups is 2. The molecule has 0 saturated carbocycles. The first-order valence-electron chi connectivity index (χ1n) is 10.4. The van der Waals surface area contributed by atoms with Crippen molar-refractivity contribution in [3.63, 3.8) is 0 Å². The molecule has 1 saturated heterocycles. The van der Waals surface area contributed by atoms with Crippen molar-refractivity contribution in [3.05, 3.63) is 65.3 Å². The van der Waals surface area contributed by atoms with E-state index in [9.17, 15) is 14.0 Å². The highest BCUT2D eigenvalue weighted by molar-refractivity contribution is 5.99. The Hall–Kier alpha value is -3.59. The third kappa shape index (κ3) is 5.00. The Morgan fingerprint density at radius 3 is 2.62 bits per heavy atom. The summed E-state index contributed by atoms with van der Waals surface area (Å²) in [5, 5.41) is 6.73. The number of hydrogen-bond acceptors (Lipinski definition) is 6. The fraction of sp³-hybridized carbons (Fsp3) is 0.304. The van der Waals surface area contributed by atoms with Gasteiger partial charge in [0.15, 0.2) is 0 Å². The molecular formula is C23H23FN4O4. The van der Waals surface area contributed by atoms with Crippen LogP contribution in [-0.4, -0.2) is 53.2 Å². The first-order chi connectivity index (χ1) is 15.5. The molecule has 1 N–H and O–H groups in total. The molecule has 2 aromatic carbocycles. The summed E-state index contributed by atoms with van der Waals surface area (Å²) >= 11 is 0. The minimum absolute atomic E-state index is 0.0684. The number of aryl methyl sites for hydroxylation is 1. The van der Waals surface area contributed by atoms with E-state index in [0.717, 1.165) is 0 Å². The van der Waals surface area contributed by atoms with Crippen molar-refractivity contribution in [2.75, 3.05) is 31.6 Å². The van der Waals surface area contributed by atoms with Crippen LogP contribution in [-0.2, 0) is 16.0 Å². The molecule has 0 spiro atoms. The predicted molar refractivity (Wildman–Crippen MR) is 115 cm³/mol. The number of morpholine rings is 1. The summed E-state index contributed by atoms with van der Waals surface area (Å²) < 4.78 is 23.6. The third-order valence-electron chi connectivity index (χ3n) is 5.27. The Balaban J connectivity index is 1.36. The molecule has 0 bridgehead atoms. The molecule has 1 aliphatic heterocycles. The Labute approximate surface area is 184 Å². The highest BCUT2D eigenvalue weighted by Crippen LogP contribution is 2.22. The Kier molecular flexibility index (Phi) is 6.55. The number of carbonyl (C=O) groups excluding carboxylic acids is 2. The topological polar surface area (TPSA) is 97.6 Å². The normalized spacial score (nSPS) is 13.8. The van der Waals surface area contributed by atoms with Crippen molar-refractivity contribution in [2.45, 2.75) is 19.8 Å². The van der Waals surface area contributed by atoms with E-state index >= 15 is 0 Å². The zero-order chi connectivity index (χ0) is 22.5. The smallest absolute Gasteiger partial charge is 0.254 e. The molecular weight excluding hydrogens is 415 g/mol. The monoisotopic (exact) mass is 438 g/mol. The molecule has 8 nitrogen and oxygen atoms in total. The van der Waals surface area contributed by atoms with E-state index in [1.807, 2.05) is 6.92 Å². The van der Waals surface area contributed by atoms with Gasteiger partial charge in [-0.15, -0.1) is 0 Å². The van der Waals surface area contributed by atoms with Crippen molar-refractivity contribution in [1.82, 2.24) is 15.0 Å². The van der Waals surface area contributed by atoms with Crippen LogP contribution in [0, 0.1) is 12.7 Å². The third-order valence-corrected chi connectivity index (χ3v) is 5.27. The van der Waals surface area contributed by atoms with E-state index in [-0.39, 0.29) is 30.5 Å². The van der Waals surface area contributed by atoms with Crippen LogP contribution in [0.25, 0.3) is 11.4 Å². The lowest BCUT2D eigenvalue weighted by Crippen LogP contribution is -2.41. The van der Waals surface area contributed by atoms with Crippen LogP contribution in [0.2, 0.25) is 0 Å². The molecule has 2 heterocycles. The zero-order valence-corrected chi connectivity index (χ0v) is 17.6. The van der Waals surface area contributed by atoms with E-state index in [1.54, 1.807) is 35.2 Å². The van der Waals surface area contributed by atoms with Crippen LogP contribution in [0.1, 0.15) is 28.2 Å². The number of amides is 2. The van der Waals surface area contributed by atoms with Crippen LogP contribution in [0.15, 0.2) is 47.0 Å². The number of rotatable bonds is 6.